The van der Waals surface area contributed by atoms with Crippen LogP contribution in [0.15, 0.2) is 21.0 Å². The van der Waals surface area contributed by atoms with Crippen molar-refractivity contribution in [2.45, 2.75) is 52.6 Å². The number of aromatic nitrogens is 4. The highest BCUT2D eigenvalue weighted by Crippen LogP contribution is 2.19. The number of amides is 1. The Bertz CT molecular complexity index is 1270. The predicted molar refractivity (Wildman–Crippen MR) is 120 cm³/mol. The fraction of sp³-hybridized carbons (Fsp3) is 0.571. The monoisotopic (exact) mass is 461 g/mol. The Kier molecular flexibility index (Phi) is 6.45. The number of esters is 1. The van der Waals surface area contributed by atoms with E-state index in [1.54, 1.807) is 23.3 Å². The first-order valence-electron chi connectivity index (χ1n) is 11.0. The number of likely N-dealkylation sites (tertiary alicyclic amines) is 1. The summed E-state index contributed by atoms with van der Waals surface area (Å²) in [5, 5.41) is 6.14. The Morgan fingerprint density at radius 1 is 1.28 bits per heavy atom. The molecule has 0 spiro atoms. The minimum Gasteiger partial charge on any atom is -0.466 e. The van der Waals surface area contributed by atoms with Crippen molar-refractivity contribution >= 4 is 39.2 Å². The minimum absolute atomic E-state index is 0.173. The highest BCUT2D eigenvalue weighted by atomic mass is 32.1. The number of rotatable bonds is 7. The number of piperidine rings is 1. The number of nitrogens with zero attached hydrogens (tertiary/aromatic N) is 5. The molecule has 0 N–H and O–H groups in total. The van der Waals surface area contributed by atoms with E-state index in [-0.39, 0.29) is 42.2 Å². The maximum Gasteiger partial charge on any atom is 0.352 e. The number of ether oxygens (including phenoxy) is 1. The summed E-state index contributed by atoms with van der Waals surface area (Å²) in [5.41, 5.74) is -0.125. The van der Waals surface area contributed by atoms with Gasteiger partial charge >= 0.3 is 11.7 Å². The van der Waals surface area contributed by atoms with Gasteiger partial charge in [0.2, 0.25) is 11.7 Å². The smallest absolute Gasteiger partial charge is 0.352 e. The van der Waals surface area contributed by atoms with Gasteiger partial charge in [0.15, 0.2) is 0 Å². The quantitative estimate of drug-likeness (QED) is 0.493. The fourth-order valence-electron chi connectivity index (χ4n) is 4.14. The minimum atomic E-state index is -0.457. The van der Waals surface area contributed by atoms with Crippen LogP contribution in [0, 0.1) is 5.92 Å². The molecule has 3 aromatic rings. The van der Waals surface area contributed by atoms with Gasteiger partial charge in [-0.3, -0.25) is 19.0 Å². The molecule has 0 radical (unpaired) electrons. The molecule has 0 saturated carbocycles. The molecule has 3 aromatic heterocycles. The summed E-state index contributed by atoms with van der Waals surface area (Å²) in [4.78, 5) is 52.7. The summed E-state index contributed by atoms with van der Waals surface area (Å²) in [7, 11) is 0. The largest absolute Gasteiger partial charge is 0.466 e. The van der Waals surface area contributed by atoms with Gasteiger partial charge in [0, 0.05) is 19.6 Å². The summed E-state index contributed by atoms with van der Waals surface area (Å²) in [6, 6.07) is 1.72. The van der Waals surface area contributed by atoms with Crippen LogP contribution in [0.1, 0.15) is 39.5 Å². The number of fused-ring (bicyclic) bond motifs is 3. The van der Waals surface area contributed by atoms with Crippen molar-refractivity contribution in [2.75, 3.05) is 19.7 Å². The van der Waals surface area contributed by atoms with Gasteiger partial charge in [0.05, 0.1) is 18.0 Å². The number of carbonyl (C=O) groups excluding carboxylic acids is 2. The van der Waals surface area contributed by atoms with Gasteiger partial charge in [0.1, 0.15) is 11.2 Å². The van der Waals surface area contributed by atoms with Crippen LogP contribution in [-0.4, -0.2) is 55.2 Å². The molecule has 172 valence electrons. The first kappa shape index (κ1) is 22.3. The molecule has 0 bridgehead atoms. The number of unbranched alkanes of at least 4 members (excludes halogenated alkanes) is 1. The highest BCUT2D eigenvalue weighted by Gasteiger charge is 2.30. The number of hydrogen-bond donors (Lipinski definition) is 0. The summed E-state index contributed by atoms with van der Waals surface area (Å²) in [6.45, 7) is 5.08. The molecule has 10 nitrogen and oxygen atoms in total. The van der Waals surface area contributed by atoms with Crippen molar-refractivity contribution in [3.05, 3.63) is 32.3 Å². The van der Waals surface area contributed by atoms with Gasteiger partial charge in [-0.1, -0.05) is 13.3 Å². The Balaban J connectivity index is 1.66. The van der Waals surface area contributed by atoms with Crippen LogP contribution in [0.25, 0.3) is 16.0 Å². The number of thiophene rings is 1. The van der Waals surface area contributed by atoms with Crippen molar-refractivity contribution in [3.63, 3.8) is 0 Å². The standard InChI is InChI=1S/C21H27N5O5S/c1-3-5-10-24-18(28)17-15(8-11-32-17)26-20(24)22-25(21(26)30)13-16(27)23-9-6-7-14(12-23)19(29)31-4-2/h8,11,14H,3-7,9-10,12-13H2,1-2H3/t14-/m0/s1. The van der Waals surface area contributed by atoms with Gasteiger partial charge in [-0.15, -0.1) is 16.4 Å². The van der Waals surface area contributed by atoms with Gasteiger partial charge in [-0.25, -0.2) is 13.9 Å². The Morgan fingerprint density at radius 2 is 2.09 bits per heavy atom. The average Bonchev–Trinajstić information content (AvgIpc) is 3.39. The second kappa shape index (κ2) is 9.27. The normalized spacial score (nSPS) is 16.7. The first-order chi connectivity index (χ1) is 15.5. The third-order valence-electron chi connectivity index (χ3n) is 5.80. The van der Waals surface area contributed by atoms with E-state index in [1.807, 2.05) is 6.92 Å². The van der Waals surface area contributed by atoms with Crippen LogP contribution in [0.4, 0.5) is 0 Å². The van der Waals surface area contributed by atoms with Crippen LogP contribution in [0.2, 0.25) is 0 Å². The number of carbonyl (C=O) groups is 2. The zero-order valence-electron chi connectivity index (χ0n) is 18.3. The van der Waals surface area contributed by atoms with E-state index in [0.717, 1.165) is 17.5 Å². The molecule has 0 aromatic carbocycles. The number of hydrogen-bond acceptors (Lipinski definition) is 7. The van der Waals surface area contributed by atoms with E-state index in [1.165, 1.54) is 20.3 Å². The van der Waals surface area contributed by atoms with Crippen molar-refractivity contribution in [2.24, 2.45) is 5.92 Å². The second-order valence-corrected chi connectivity index (χ2v) is 8.87. The third-order valence-corrected chi connectivity index (χ3v) is 6.69. The average molecular weight is 462 g/mol. The molecule has 1 atom stereocenters. The molecule has 1 fully saturated rings. The van der Waals surface area contributed by atoms with E-state index < -0.39 is 5.69 Å². The van der Waals surface area contributed by atoms with Gasteiger partial charge in [-0.05, 0) is 37.6 Å². The van der Waals surface area contributed by atoms with Gasteiger partial charge in [0.25, 0.3) is 5.56 Å². The second-order valence-electron chi connectivity index (χ2n) is 7.95. The summed E-state index contributed by atoms with van der Waals surface area (Å²) < 4.78 is 9.64. The molecule has 1 aliphatic heterocycles. The van der Waals surface area contributed by atoms with E-state index >= 15 is 0 Å². The number of aryl methyl sites for hydroxylation is 1. The van der Waals surface area contributed by atoms with Crippen LogP contribution in [0.5, 0.6) is 0 Å². The third kappa shape index (κ3) is 3.96. The lowest BCUT2D eigenvalue weighted by Crippen LogP contribution is -2.45. The highest BCUT2D eigenvalue weighted by molar-refractivity contribution is 7.17. The fourth-order valence-corrected chi connectivity index (χ4v) is 4.96. The van der Waals surface area contributed by atoms with E-state index in [9.17, 15) is 19.2 Å². The first-order valence-corrected chi connectivity index (χ1v) is 11.9. The van der Waals surface area contributed by atoms with Crippen LogP contribution in [0.3, 0.4) is 0 Å². The molecule has 0 aliphatic carbocycles. The van der Waals surface area contributed by atoms with Gasteiger partial charge < -0.3 is 9.64 Å². The molecule has 0 unspecified atom stereocenters. The Labute approximate surface area is 188 Å². The summed E-state index contributed by atoms with van der Waals surface area (Å²) >= 11 is 1.29. The Morgan fingerprint density at radius 3 is 2.84 bits per heavy atom. The lowest BCUT2D eigenvalue weighted by molar-refractivity contribution is -0.151. The van der Waals surface area contributed by atoms with Crippen LogP contribution in [-0.2, 0) is 27.4 Å². The SMILES string of the molecule is CCCCn1c(=O)c2sccc2n2c(=O)n(CC(=O)N3CCC[C@H](C(=O)OCC)C3)nc12. The maximum atomic E-state index is 13.2. The lowest BCUT2D eigenvalue weighted by atomic mass is 9.98. The molecular weight excluding hydrogens is 434 g/mol. The van der Waals surface area contributed by atoms with E-state index in [4.69, 9.17) is 4.74 Å². The van der Waals surface area contributed by atoms with Crippen molar-refractivity contribution in [3.8, 4) is 0 Å². The predicted octanol–water partition coefficient (Wildman–Crippen LogP) is 1.47. The summed E-state index contributed by atoms with van der Waals surface area (Å²) in [5.74, 6) is -0.687. The molecule has 11 heteroatoms. The zero-order valence-corrected chi connectivity index (χ0v) is 19.1. The summed E-state index contributed by atoms with van der Waals surface area (Å²) in [6.07, 6.45) is 3.04. The topological polar surface area (TPSA) is 108 Å². The van der Waals surface area contributed by atoms with Gasteiger partial charge in [-0.2, -0.15) is 0 Å². The molecule has 4 heterocycles. The molecule has 1 amide bonds. The van der Waals surface area contributed by atoms with Crippen LogP contribution < -0.4 is 11.2 Å². The molecular formula is C21H27N5O5S. The molecule has 32 heavy (non-hydrogen) atoms. The van der Waals surface area contributed by atoms with Crippen molar-refractivity contribution < 1.29 is 14.3 Å². The van der Waals surface area contributed by atoms with Crippen molar-refractivity contribution in [1.29, 1.82) is 0 Å². The molecule has 1 aliphatic rings. The van der Waals surface area contributed by atoms with Crippen LogP contribution >= 0.6 is 11.3 Å². The lowest BCUT2D eigenvalue weighted by Gasteiger charge is -2.31. The van der Waals surface area contributed by atoms with E-state index in [0.29, 0.717) is 42.8 Å². The van der Waals surface area contributed by atoms with E-state index in [2.05, 4.69) is 5.10 Å². The Hall–Kier alpha value is -2.95. The maximum absolute atomic E-state index is 13.2. The molecule has 4 rings (SSSR count). The zero-order chi connectivity index (χ0) is 22.8. The molecule has 1 saturated heterocycles. The van der Waals surface area contributed by atoms with Crippen molar-refractivity contribution in [1.82, 2.24) is 23.6 Å².